The van der Waals surface area contributed by atoms with Gasteiger partial charge < -0.3 is 15.5 Å². The Balaban J connectivity index is 1.57. The lowest BCUT2D eigenvalue weighted by Gasteiger charge is -2.13. The fourth-order valence-corrected chi connectivity index (χ4v) is 2.79. The highest BCUT2D eigenvalue weighted by Gasteiger charge is 2.17. The number of amides is 2. The van der Waals surface area contributed by atoms with E-state index in [0.29, 0.717) is 18.5 Å². The third-order valence-corrected chi connectivity index (χ3v) is 4.12. The Morgan fingerprint density at radius 1 is 1.21 bits per heavy atom. The average molecular weight is 323 g/mol. The van der Waals surface area contributed by atoms with Gasteiger partial charge in [-0.2, -0.15) is 0 Å². The molecule has 5 heteroatoms. The molecule has 0 saturated carbocycles. The van der Waals surface area contributed by atoms with Crippen LogP contribution in [0.1, 0.15) is 21.5 Å². The third-order valence-electron chi connectivity index (χ3n) is 4.12. The van der Waals surface area contributed by atoms with Crippen LogP contribution >= 0.6 is 0 Å². The highest BCUT2D eigenvalue weighted by atomic mass is 16.2. The molecule has 1 aliphatic heterocycles. The summed E-state index contributed by atoms with van der Waals surface area (Å²) >= 11 is 0. The van der Waals surface area contributed by atoms with Crippen LogP contribution in [0.5, 0.6) is 0 Å². The summed E-state index contributed by atoms with van der Waals surface area (Å²) in [5.41, 5.74) is 4.70. The molecule has 2 aromatic carbocycles. The molecule has 0 aromatic heterocycles. The van der Waals surface area contributed by atoms with Crippen molar-refractivity contribution in [3.8, 4) is 0 Å². The molecule has 3 rings (SSSR count). The van der Waals surface area contributed by atoms with E-state index in [4.69, 9.17) is 0 Å². The van der Waals surface area contributed by atoms with Crippen LogP contribution in [0.2, 0.25) is 0 Å². The minimum atomic E-state index is -0.0725. The van der Waals surface area contributed by atoms with Crippen molar-refractivity contribution in [3.63, 3.8) is 0 Å². The second-order valence-corrected chi connectivity index (χ2v) is 6.17. The average Bonchev–Trinajstić information content (AvgIpc) is 2.94. The molecule has 2 N–H and O–H groups in total. The van der Waals surface area contributed by atoms with Crippen molar-refractivity contribution in [2.75, 3.05) is 30.9 Å². The minimum absolute atomic E-state index is 0.0382. The zero-order valence-electron chi connectivity index (χ0n) is 13.9. The number of carbonyl (C=O) groups is 2. The molecule has 2 aromatic rings. The number of hydrogen-bond donors (Lipinski definition) is 2. The van der Waals surface area contributed by atoms with E-state index in [1.165, 1.54) is 0 Å². The van der Waals surface area contributed by atoms with Crippen molar-refractivity contribution < 1.29 is 9.59 Å². The van der Waals surface area contributed by atoms with Crippen molar-refractivity contribution in [2.45, 2.75) is 12.8 Å². The molecular formula is C19H21N3O2. The van der Waals surface area contributed by atoms with Gasteiger partial charge in [0.2, 0.25) is 5.91 Å². The lowest BCUT2D eigenvalue weighted by molar-refractivity contribution is -0.115. The summed E-state index contributed by atoms with van der Waals surface area (Å²) in [6, 6.07) is 13.5. The van der Waals surface area contributed by atoms with Gasteiger partial charge in [-0.05, 0) is 41.8 Å². The SMILES string of the molecule is CN(C)c1cccc(C(=O)NCCc2ccc3c(c2)CC(=O)N3)c1. The van der Waals surface area contributed by atoms with Crippen LogP contribution in [-0.2, 0) is 17.6 Å². The summed E-state index contributed by atoms with van der Waals surface area (Å²) in [7, 11) is 3.90. The van der Waals surface area contributed by atoms with Gasteiger partial charge in [-0.1, -0.05) is 18.2 Å². The van der Waals surface area contributed by atoms with Gasteiger partial charge in [0.15, 0.2) is 0 Å². The first kappa shape index (κ1) is 16.1. The van der Waals surface area contributed by atoms with E-state index >= 15 is 0 Å². The molecule has 1 heterocycles. The maximum atomic E-state index is 12.3. The van der Waals surface area contributed by atoms with Crippen LogP contribution in [-0.4, -0.2) is 32.5 Å². The molecule has 0 spiro atoms. The zero-order chi connectivity index (χ0) is 17.1. The Morgan fingerprint density at radius 2 is 2.04 bits per heavy atom. The van der Waals surface area contributed by atoms with E-state index in [-0.39, 0.29) is 11.8 Å². The first-order chi connectivity index (χ1) is 11.5. The highest BCUT2D eigenvalue weighted by Crippen LogP contribution is 2.23. The number of hydrogen-bond acceptors (Lipinski definition) is 3. The molecule has 0 fully saturated rings. The molecule has 124 valence electrons. The molecule has 5 nitrogen and oxygen atoms in total. The minimum Gasteiger partial charge on any atom is -0.378 e. The first-order valence-electron chi connectivity index (χ1n) is 8.00. The van der Waals surface area contributed by atoms with Crippen LogP contribution in [0.4, 0.5) is 11.4 Å². The van der Waals surface area contributed by atoms with Gasteiger partial charge in [-0.25, -0.2) is 0 Å². The van der Waals surface area contributed by atoms with Crippen molar-refractivity contribution in [1.29, 1.82) is 0 Å². The molecule has 0 radical (unpaired) electrons. The number of benzene rings is 2. The number of carbonyl (C=O) groups excluding carboxylic acids is 2. The maximum Gasteiger partial charge on any atom is 0.251 e. The number of nitrogens with one attached hydrogen (secondary N) is 2. The normalized spacial score (nSPS) is 12.5. The number of nitrogens with zero attached hydrogens (tertiary/aromatic N) is 1. The van der Waals surface area contributed by atoms with Gasteiger partial charge in [0.25, 0.3) is 5.91 Å². The molecule has 1 aliphatic rings. The van der Waals surface area contributed by atoms with E-state index in [1.54, 1.807) is 0 Å². The smallest absolute Gasteiger partial charge is 0.251 e. The summed E-state index contributed by atoms with van der Waals surface area (Å²) in [6.07, 6.45) is 1.17. The Kier molecular flexibility index (Phi) is 4.51. The molecular weight excluding hydrogens is 302 g/mol. The van der Waals surface area contributed by atoms with Crippen LogP contribution in [0.3, 0.4) is 0 Å². The van der Waals surface area contributed by atoms with Crippen molar-refractivity contribution in [1.82, 2.24) is 5.32 Å². The summed E-state index contributed by atoms with van der Waals surface area (Å²) in [5.74, 6) is -0.0343. The van der Waals surface area contributed by atoms with Crippen LogP contribution in [0.15, 0.2) is 42.5 Å². The molecule has 0 saturated heterocycles. The van der Waals surface area contributed by atoms with Gasteiger partial charge in [0, 0.05) is 37.6 Å². The van der Waals surface area contributed by atoms with Gasteiger partial charge >= 0.3 is 0 Å². The third kappa shape index (κ3) is 3.56. The predicted octanol–water partition coefficient (Wildman–Crippen LogP) is 2.22. The lowest BCUT2D eigenvalue weighted by atomic mass is 10.1. The number of rotatable bonds is 5. The van der Waals surface area contributed by atoms with Gasteiger partial charge in [-0.15, -0.1) is 0 Å². The first-order valence-corrected chi connectivity index (χ1v) is 8.00. The van der Waals surface area contributed by atoms with E-state index in [2.05, 4.69) is 10.6 Å². The van der Waals surface area contributed by atoms with Crippen molar-refractivity contribution in [2.24, 2.45) is 0 Å². The summed E-state index contributed by atoms with van der Waals surface area (Å²) in [4.78, 5) is 25.6. The van der Waals surface area contributed by atoms with Crippen molar-refractivity contribution >= 4 is 23.2 Å². The fraction of sp³-hybridized carbons (Fsp3) is 0.263. The standard InChI is InChI=1S/C19H21N3O2/c1-22(2)16-5-3-4-14(11-16)19(24)20-9-8-13-6-7-17-15(10-13)12-18(23)21-17/h3-7,10-11H,8-9,12H2,1-2H3,(H,20,24)(H,21,23). The van der Waals surface area contributed by atoms with Gasteiger partial charge in [-0.3, -0.25) is 9.59 Å². The van der Waals surface area contributed by atoms with Crippen molar-refractivity contribution in [3.05, 3.63) is 59.2 Å². The second kappa shape index (κ2) is 6.74. The second-order valence-electron chi connectivity index (χ2n) is 6.17. The summed E-state index contributed by atoms with van der Waals surface area (Å²) < 4.78 is 0. The molecule has 2 amide bonds. The highest BCUT2D eigenvalue weighted by molar-refractivity contribution is 5.99. The molecule has 0 bridgehead atoms. The number of fused-ring (bicyclic) bond motifs is 1. The Hall–Kier alpha value is -2.82. The van der Waals surface area contributed by atoms with Gasteiger partial charge in [0.1, 0.15) is 0 Å². The molecule has 0 unspecified atom stereocenters. The summed E-state index contributed by atoms with van der Waals surface area (Å²) in [6.45, 7) is 0.561. The summed E-state index contributed by atoms with van der Waals surface area (Å²) in [5, 5.41) is 5.77. The molecule has 24 heavy (non-hydrogen) atoms. The lowest BCUT2D eigenvalue weighted by Crippen LogP contribution is -2.26. The quantitative estimate of drug-likeness (QED) is 0.887. The van der Waals surface area contributed by atoms with E-state index in [1.807, 2.05) is 61.5 Å². The topological polar surface area (TPSA) is 61.4 Å². The Morgan fingerprint density at radius 3 is 2.83 bits per heavy atom. The van der Waals surface area contributed by atoms with Crippen LogP contribution in [0.25, 0.3) is 0 Å². The Labute approximate surface area is 141 Å². The number of anilines is 2. The van der Waals surface area contributed by atoms with E-state index in [0.717, 1.165) is 28.9 Å². The molecule has 0 atom stereocenters. The monoisotopic (exact) mass is 323 g/mol. The van der Waals surface area contributed by atoms with Gasteiger partial charge in [0.05, 0.1) is 6.42 Å². The zero-order valence-corrected chi connectivity index (χ0v) is 13.9. The van der Waals surface area contributed by atoms with E-state index < -0.39 is 0 Å². The predicted molar refractivity (Wildman–Crippen MR) is 95.6 cm³/mol. The van der Waals surface area contributed by atoms with Crippen LogP contribution in [0, 0.1) is 0 Å². The van der Waals surface area contributed by atoms with Crippen LogP contribution < -0.4 is 15.5 Å². The molecule has 0 aliphatic carbocycles. The largest absolute Gasteiger partial charge is 0.378 e. The fourth-order valence-electron chi connectivity index (χ4n) is 2.79. The van der Waals surface area contributed by atoms with E-state index in [9.17, 15) is 9.59 Å². The Bertz CT molecular complexity index is 784. The maximum absolute atomic E-state index is 12.3.